The predicted octanol–water partition coefficient (Wildman–Crippen LogP) is 6.71. The first-order chi connectivity index (χ1) is 17.4. The number of hydrogen-bond donors (Lipinski definition) is 1. The van der Waals surface area contributed by atoms with Crippen molar-refractivity contribution in [2.45, 2.75) is 69.5 Å². The zero-order valence-corrected chi connectivity index (χ0v) is 22.4. The van der Waals surface area contributed by atoms with Gasteiger partial charge in [0.2, 0.25) is 5.91 Å². The SMILES string of the molecule is CC(C)Cn1c(SCC(=O)Nc2ccccc2Cl)nc2c(c1=O)C1(CCCCC1)Cc1ccccc1-2. The largest absolute Gasteiger partial charge is 0.324 e. The maximum atomic E-state index is 14.2. The molecule has 188 valence electrons. The fourth-order valence-electron chi connectivity index (χ4n) is 5.74. The van der Waals surface area contributed by atoms with E-state index < -0.39 is 0 Å². The number of thioether (sulfide) groups is 1. The Kier molecular flexibility index (Phi) is 7.27. The van der Waals surface area contributed by atoms with Crippen molar-refractivity contribution in [2.75, 3.05) is 11.1 Å². The first-order valence-corrected chi connectivity index (χ1v) is 14.1. The normalized spacial score (nSPS) is 16.0. The zero-order chi connectivity index (χ0) is 25.3. The second-order valence-electron chi connectivity index (χ2n) is 10.4. The minimum absolute atomic E-state index is 0.0686. The highest BCUT2D eigenvalue weighted by atomic mass is 35.5. The number of para-hydroxylation sites is 1. The topological polar surface area (TPSA) is 64.0 Å². The average molecular weight is 522 g/mol. The molecule has 1 saturated carbocycles. The third-order valence-corrected chi connectivity index (χ3v) is 8.61. The highest BCUT2D eigenvalue weighted by Gasteiger charge is 2.43. The fraction of sp³-hybridized carbons (Fsp3) is 0.414. The van der Waals surface area contributed by atoms with Crippen LogP contribution in [-0.4, -0.2) is 21.2 Å². The van der Waals surface area contributed by atoms with Gasteiger partial charge < -0.3 is 5.32 Å². The third kappa shape index (κ3) is 4.85. The molecule has 3 aromatic rings. The molecule has 2 aliphatic carbocycles. The number of anilines is 1. The molecule has 7 heteroatoms. The van der Waals surface area contributed by atoms with Crippen molar-refractivity contribution in [3.63, 3.8) is 0 Å². The summed E-state index contributed by atoms with van der Waals surface area (Å²) >= 11 is 7.52. The van der Waals surface area contributed by atoms with E-state index in [0.717, 1.165) is 48.9 Å². The zero-order valence-electron chi connectivity index (χ0n) is 20.9. The number of fused-ring (bicyclic) bond motifs is 4. The maximum absolute atomic E-state index is 14.2. The van der Waals surface area contributed by atoms with Crippen molar-refractivity contribution in [1.29, 1.82) is 0 Å². The third-order valence-electron chi connectivity index (χ3n) is 7.30. The molecule has 1 spiro atoms. The van der Waals surface area contributed by atoms with Gasteiger partial charge in [0.15, 0.2) is 5.16 Å². The van der Waals surface area contributed by atoms with Gasteiger partial charge in [-0.25, -0.2) is 4.98 Å². The van der Waals surface area contributed by atoms with Crippen LogP contribution in [0.2, 0.25) is 5.02 Å². The van der Waals surface area contributed by atoms with Crippen molar-refractivity contribution in [1.82, 2.24) is 9.55 Å². The van der Waals surface area contributed by atoms with Gasteiger partial charge in [-0.1, -0.05) is 92.9 Å². The van der Waals surface area contributed by atoms with Crippen molar-refractivity contribution in [2.24, 2.45) is 5.92 Å². The molecule has 0 unspecified atom stereocenters. The second-order valence-corrected chi connectivity index (χ2v) is 11.8. The predicted molar refractivity (Wildman–Crippen MR) is 148 cm³/mol. The first-order valence-electron chi connectivity index (χ1n) is 12.8. The van der Waals surface area contributed by atoms with Crippen molar-refractivity contribution in [3.05, 3.63) is 75.0 Å². The number of benzene rings is 2. The minimum atomic E-state index is -0.180. The lowest BCUT2D eigenvalue weighted by atomic mass is 9.62. The van der Waals surface area contributed by atoms with Gasteiger partial charge in [0.05, 0.1) is 27.7 Å². The Morgan fingerprint density at radius 2 is 1.83 bits per heavy atom. The van der Waals surface area contributed by atoms with Crippen molar-refractivity contribution < 1.29 is 4.79 Å². The van der Waals surface area contributed by atoms with Crippen LogP contribution in [0.15, 0.2) is 58.5 Å². The summed E-state index contributed by atoms with van der Waals surface area (Å²) in [5, 5.41) is 3.97. The number of hydrogen-bond acceptors (Lipinski definition) is 4. The highest BCUT2D eigenvalue weighted by Crippen LogP contribution is 2.48. The summed E-state index contributed by atoms with van der Waals surface area (Å²) < 4.78 is 1.82. The minimum Gasteiger partial charge on any atom is -0.324 e. The molecular weight excluding hydrogens is 490 g/mol. The van der Waals surface area contributed by atoms with E-state index in [0.29, 0.717) is 22.4 Å². The van der Waals surface area contributed by atoms with Crippen LogP contribution in [0.25, 0.3) is 11.3 Å². The van der Waals surface area contributed by atoms with Gasteiger partial charge in [0.1, 0.15) is 0 Å². The molecule has 36 heavy (non-hydrogen) atoms. The molecule has 2 aromatic carbocycles. The molecule has 0 bridgehead atoms. The summed E-state index contributed by atoms with van der Waals surface area (Å²) in [6.07, 6.45) is 6.47. The molecule has 1 heterocycles. The molecule has 1 fully saturated rings. The summed E-state index contributed by atoms with van der Waals surface area (Å²) in [6, 6.07) is 15.5. The van der Waals surface area contributed by atoms with E-state index in [2.05, 4.69) is 37.4 Å². The van der Waals surface area contributed by atoms with Crippen LogP contribution in [-0.2, 0) is 23.2 Å². The number of carbonyl (C=O) groups excluding carboxylic acids is 1. The molecule has 5 nitrogen and oxygen atoms in total. The van der Waals surface area contributed by atoms with Gasteiger partial charge in [-0.05, 0) is 42.9 Å². The number of carbonyl (C=O) groups is 1. The summed E-state index contributed by atoms with van der Waals surface area (Å²) in [6.45, 7) is 4.79. The van der Waals surface area contributed by atoms with Gasteiger partial charge in [0.25, 0.3) is 5.56 Å². The van der Waals surface area contributed by atoms with Crippen molar-refractivity contribution >= 4 is 35.0 Å². The number of nitrogens with one attached hydrogen (secondary N) is 1. The summed E-state index contributed by atoms with van der Waals surface area (Å²) in [4.78, 5) is 32.1. The van der Waals surface area contributed by atoms with E-state index in [1.165, 1.54) is 23.7 Å². The summed E-state index contributed by atoms with van der Waals surface area (Å²) in [5.74, 6) is 0.235. The lowest BCUT2D eigenvalue weighted by Gasteiger charge is -2.42. The Hall–Kier alpha value is -2.57. The van der Waals surface area contributed by atoms with Gasteiger partial charge in [-0.2, -0.15) is 0 Å². The molecule has 2 aliphatic rings. The van der Waals surface area contributed by atoms with E-state index in [1.807, 2.05) is 22.8 Å². The lowest BCUT2D eigenvalue weighted by Crippen LogP contribution is -2.43. The Morgan fingerprint density at radius 1 is 1.11 bits per heavy atom. The number of amides is 1. The molecule has 0 atom stereocenters. The molecular formula is C29H32ClN3O2S. The summed E-state index contributed by atoms with van der Waals surface area (Å²) in [7, 11) is 0. The number of rotatable bonds is 6. The average Bonchev–Trinajstić information content (AvgIpc) is 2.86. The Bertz CT molecular complexity index is 1340. The standard InChI is InChI=1S/C29H32ClN3O2S/c1-19(2)17-33-27(35)25-26(21-11-5-4-10-20(21)16-29(25)14-8-3-9-15-29)32-28(33)36-18-24(34)31-23-13-7-6-12-22(23)30/h4-7,10-13,19H,3,8-9,14-18H2,1-2H3,(H,31,34). The monoisotopic (exact) mass is 521 g/mol. The fourth-order valence-corrected chi connectivity index (χ4v) is 6.72. The van der Waals surface area contributed by atoms with Crippen molar-refractivity contribution in [3.8, 4) is 11.3 Å². The van der Waals surface area contributed by atoms with E-state index >= 15 is 0 Å². The van der Waals surface area contributed by atoms with Gasteiger partial charge in [0, 0.05) is 17.5 Å². The molecule has 5 rings (SSSR count). The van der Waals surface area contributed by atoms with E-state index in [9.17, 15) is 9.59 Å². The second kappa shape index (κ2) is 10.4. The van der Waals surface area contributed by atoms with Gasteiger partial charge >= 0.3 is 0 Å². The smallest absolute Gasteiger partial charge is 0.258 e. The lowest BCUT2D eigenvalue weighted by molar-refractivity contribution is -0.113. The molecule has 0 radical (unpaired) electrons. The van der Waals surface area contributed by atoms with E-state index in [4.69, 9.17) is 16.6 Å². The molecule has 0 saturated heterocycles. The molecule has 1 amide bonds. The Labute approximate surface area is 221 Å². The van der Waals surface area contributed by atoms with Crippen LogP contribution < -0.4 is 10.9 Å². The molecule has 0 aliphatic heterocycles. The molecule has 1 aromatic heterocycles. The first kappa shape index (κ1) is 25.1. The van der Waals surface area contributed by atoms with Crippen LogP contribution in [0.5, 0.6) is 0 Å². The van der Waals surface area contributed by atoms with Crippen LogP contribution in [0.1, 0.15) is 57.1 Å². The van der Waals surface area contributed by atoms with E-state index in [-0.39, 0.29) is 28.6 Å². The summed E-state index contributed by atoms with van der Waals surface area (Å²) in [5.41, 5.74) is 4.54. The number of halogens is 1. The van der Waals surface area contributed by atoms with Crippen LogP contribution in [0.4, 0.5) is 5.69 Å². The number of aromatic nitrogens is 2. The molecule has 1 N–H and O–H groups in total. The quantitative estimate of drug-likeness (QED) is 0.289. The highest BCUT2D eigenvalue weighted by molar-refractivity contribution is 7.99. The van der Waals surface area contributed by atoms with Gasteiger partial charge in [-0.3, -0.25) is 14.2 Å². The van der Waals surface area contributed by atoms with Crippen LogP contribution >= 0.6 is 23.4 Å². The Morgan fingerprint density at radius 3 is 2.58 bits per heavy atom. The van der Waals surface area contributed by atoms with E-state index in [1.54, 1.807) is 12.1 Å². The maximum Gasteiger partial charge on any atom is 0.258 e. The van der Waals surface area contributed by atoms with Gasteiger partial charge in [-0.15, -0.1) is 0 Å². The number of nitrogens with zero attached hydrogens (tertiary/aromatic N) is 2. The van der Waals surface area contributed by atoms with Crippen LogP contribution in [0, 0.1) is 5.92 Å². The van der Waals surface area contributed by atoms with Crippen LogP contribution in [0.3, 0.4) is 0 Å². The Balaban J connectivity index is 1.55.